The normalized spacial score (nSPS) is 0. The second kappa shape index (κ2) is 16.8. The van der Waals surface area contributed by atoms with Crippen molar-refractivity contribution in [2.75, 3.05) is 0 Å². The molecule has 0 unspecified atom stereocenters. The third-order valence-electron chi connectivity index (χ3n) is 0. The van der Waals surface area contributed by atoms with Crippen LogP contribution in [0.1, 0.15) is 0 Å². The second-order valence-corrected chi connectivity index (χ2v) is 0. The fourth-order valence-electron chi connectivity index (χ4n) is 0. The van der Waals surface area contributed by atoms with Crippen LogP contribution in [0.4, 0.5) is 0 Å². The summed E-state index contributed by atoms with van der Waals surface area (Å²) in [5, 5.41) is 0. The Labute approximate surface area is 96.5 Å². The van der Waals surface area contributed by atoms with E-state index in [0.29, 0.717) is 0 Å². The molecule has 0 spiro atoms. The maximum atomic E-state index is 0. The van der Waals surface area contributed by atoms with Crippen LogP contribution in [0.15, 0.2) is 0 Å². The Morgan fingerprint density at radius 2 is 0.750 bits per heavy atom. The van der Waals surface area contributed by atoms with E-state index in [9.17, 15) is 0 Å². The van der Waals surface area contributed by atoms with Crippen molar-refractivity contribution in [1.29, 1.82) is 0 Å². The summed E-state index contributed by atoms with van der Waals surface area (Å²) in [5.74, 6) is 0. The number of hydrogen-bond acceptors (Lipinski definition) is 0. The summed E-state index contributed by atoms with van der Waals surface area (Å²) < 4.78 is 0. The molecule has 0 fully saturated rings. The first-order chi connectivity index (χ1) is 0. The zero-order chi connectivity index (χ0) is 0. The Bertz CT molecular complexity index is 6.00. The Morgan fingerprint density at radius 3 is 0.750 bits per heavy atom. The van der Waals surface area contributed by atoms with Gasteiger partial charge in [0.05, 0.1) is 0 Å². The number of rotatable bonds is 0. The Morgan fingerprint density at radius 1 is 0.750 bits per heavy atom. The van der Waals surface area contributed by atoms with Crippen molar-refractivity contribution < 1.29 is 53.4 Å². The second-order valence-electron chi connectivity index (χ2n) is 0. The molecule has 0 aromatic carbocycles. The van der Waals surface area contributed by atoms with Gasteiger partial charge in [-0.2, -0.15) is 0 Å². The largest absolute Gasteiger partial charge is 2.00 e. The number of halogens is 2. The maximum Gasteiger partial charge on any atom is 2.00 e. The fourth-order valence-corrected chi connectivity index (χ4v) is 0. The molecule has 1 nitrogen and oxygen atoms in total. The van der Waals surface area contributed by atoms with E-state index >= 15 is 0 Å². The van der Waals surface area contributed by atoms with Gasteiger partial charge >= 0.3 is 45.5 Å². The van der Waals surface area contributed by atoms with Crippen molar-refractivity contribution in [1.82, 2.24) is 0 Å². The summed E-state index contributed by atoms with van der Waals surface area (Å²) in [6.07, 6.45) is 0. The summed E-state index contributed by atoms with van der Waals surface area (Å²) in [4.78, 5) is 0. The monoisotopic (exact) mass is 360 g/mol. The van der Waals surface area contributed by atoms with Crippen molar-refractivity contribution in [3.05, 3.63) is 0 Å². The van der Waals surface area contributed by atoms with E-state index in [-0.39, 0.29) is 98.9 Å². The van der Waals surface area contributed by atoms with Gasteiger partial charge in [0, 0.05) is 0 Å². The topological polar surface area (TPSA) is 31.5 Å². The van der Waals surface area contributed by atoms with Crippen molar-refractivity contribution in [3.8, 4) is 0 Å². The van der Waals surface area contributed by atoms with Crippen molar-refractivity contribution in [3.63, 3.8) is 0 Å². The predicted octanol–water partition coefficient (Wildman–Crippen LogP) is -7.20. The maximum absolute atomic E-state index is 0. The average Bonchev–Trinajstić information content (AvgIpc) is 0. The van der Waals surface area contributed by atoms with E-state index in [4.69, 9.17) is 0 Å². The minimum Gasteiger partial charge on any atom is -1.00 e. The van der Waals surface area contributed by atoms with Gasteiger partial charge in [-0.25, -0.2) is 0 Å². The van der Waals surface area contributed by atoms with Crippen LogP contribution in [-0.2, 0) is 0 Å². The first kappa shape index (κ1) is 28.6. The third kappa shape index (κ3) is 8.86. The Kier molecular flexibility index (Phi) is 120. The predicted molar refractivity (Wildman–Crippen MR) is 9.37 cm³/mol. The van der Waals surface area contributed by atoms with Gasteiger partial charge in [-0.1, -0.05) is 0 Å². The molecule has 0 radical (unpaired) electrons. The van der Waals surface area contributed by atoms with Gasteiger partial charge in [0.1, 0.15) is 0 Å². The van der Waals surface area contributed by atoms with Gasteiger partial charge in [-0.15, -0.1) is 0 Å². The molecular formula is H2I2OSr. The molecule has 0 atom stereocenters. The molecule has 0 aliphatic rings. The van der Waals surface area contributed by atoms with Crippen LogP contribution in [0, 0.1) is 0 Å². The summed E-state index contributed by atoms with van der Waals surface area (Å²) in [6.45, 7) is 0. The number of hydrogen-bond donors (Lipinski definition) is 0. The van der Waals surface area contributed by atoms with Crippen LogP contribution < -0.4 is 48.0 Å². The molecule has 0 bridgehead atoms. The summed E-state index contributed by atoms with van der Waals surface area (Å²) in [5.41, 5.74) is 0. The van der Waals surface area contributed by atoms with Crippen LogP contribution in [0.2, 0.25) is 0 Å². The molecule has 24 valence electrons. The van der Waals surface area contributed by atoms with Gasteiger partial charge in [0.15, 0.2) is 0 Å². The van der Waals surface area contributed by atoms with E-state index in [1.165, 1.54) is 0 Å². The standard InChI is InChI=1S/2HI.H2O.Sr/h2*1H;1H2;/q;;;+2/p-2. The van der Waals surface area contributed by atoms with Gasteiger partial charge in [0.25, 0.3) is 0 Å². The Hall–Kier alpha value is 2.90. The summed E-state index contributed by atoms with van der Waals surface area (Å²) >= 11 is 0. The van der Waals surface area contributed by atoms with Gasteiger partial charge < -0.3 is 53.4 Å². The van der Waals surface area contributed by atoms with E-state index in [2.05, 4.69) is 0 Å². The average molecular weight is 359 g/mol. The molecule has 0 aliphatic carbocycles. The molecule has 0 saturated carbocycles. The first-order valence-electron chi connectivity index (χ1n) is 0. The smallest absolute Gasteiger partial charge is 1.00 e. The minimum atomic E-state index is 0. The van der Waals surface area contributed by atoms with Crippen LogP contribution in [0.25, 0.3) is 0 Å². The van der Waals surface area contributed by atoms with Gasteiger partial charge in [0.2, 0.25) is 0 Å². The molecule has 0 aromatic rings. The fraction of sp³-hybridized carbons (Fsp3) is 0. The summed E-state index contributed by atoms with van der Waals surface area (Å²) in [6, 6.07) is 0. The van der Waals surface area contributed by atoms with E-state index in [0.717, 1.165) is 0 Å². The summed E-state index contributed by atoms with van der Waals surface area (Å²) in [7, 11) is 0. The van der Waals surface area contributed by atoms with Crippen LogP contribution in [0.3, 0.4) is 0 Å². The zero-order valence-electron chi connectivity index (χ0n) is 1.96. The molecule has 4 heteroatoms. The SMILES string of the molecule is O.[I-].[I-].[Sr+2]. The van der Waals surface area contributed by atoms with E-state index < -0.39 is 0 Å². The van der Waals surface area contributed by atoms with Crippen molar-refractivity contribution in [2.24, 2.45) is 0 Å². The quantitative estimate of drug-likeness (QED) is 0.304. The Balaban J connectivity index is 0. The van der Waals surface area contributed by atoms with Crippen LogP contribution >= 0.6 is 0 Å². The van der Waals surface area contributed by atoms with Crippen LogP contribution in [-0.4, -0.2) is 51.0 Å². The molecular weight excluding hydrogens is 357 g/mol. The van der Waals surface area contributed by atoms with Crippen molar-refractivity contribution >= 4 is 45.5 Å². The zero-order valence-corrected chi connectivity index (χ0v) is 9.75. The molecule has 0 rings (SSSR count). The molecule has 0 saturated heterocycles. The van der Waals surface area contributed by atoms with Gasteiger partial charge in [-0.05, 0) is 0 Å². The molecule has 0 aliphatic heterocycles. The van der Waals surface area contributed by atoms with Gasteiger partial charge in [-0.3, -0.25) is 0 Å². The minimum absolute atomic E-state index is 0. The molecule has 0 aromatic heterocycles. The third-order valence-corrected chi connectivity index (χ3v) is 0. The van der Waals surface area contributed by atoms with E-state index in [1.807, 2.05) is 0 Å². The molecule has 4 heavy (non-hydrogen) atoms. The molecule has 0 heterocycles. The van der Waals surface area contributed by atoms with Crippen LogP contribution in [0.5, 0.6) is 0 Å². The van der Waals surface area contributed by atoms with Crippen molar-refractivity contribution in [2.45, 2.75) is 0 Å². The molecule has 2 N–H and O–H groups in total. The molecule has 0 amide bonds. The first-order valence-corrected chi connectivity index (χ1v) is 0. The van der Waals surface area contributed by atoms with E-state index in [1.54, 1.807) is 0 Å².